The van der Waals surface area contributed by atoms with Crippen molar-refractivity contribution < 1.29 is 18.0 Å². The van der Waals surface area contributed by atoms with E-state index in [0.717, 1.165) is 17.3 Å². The fraction of sp³-hybridized carbons (Fsp3) is 0.350. The monoisotopic (exact) mass is 377 g/mol. The minimum absolute atomic E-state index is 0.0863. The van der Waals surface area contributed by atoms with Crippen molar-refractivity contribution in [3.8, 4) is 0 Å². The van der Waals surface area contributed by atoms with Crippen LogP contribution in [0.5, 0.6) is 0 Å². The van der Waals surface area contributed by atoms with E-state index in [1.807, 2.05) is 41.0 Å². The molecule has 0 aromatic heterocycles. The van der Waals surface area contributed by atoms with E-state index in [0.29, 0.717) is 31.9 Å². The highest BCUT2D eigenvalue weighted by Crippen LogP contribution is 2.31. The number of hydrogen-bond donors (Lipinski definition) is 1. The van der Waals surface area contributed by atoms with E-state index in [-0.39, 0.29) is 12.5 Å². The van der Waals surface area contributed by atoms with Crippen LogP contribution in [0.25, 0.3) is 0 Å². The molecule has 7 heteroatoms. The molecule has 2 aromatic carbocycles. The van der Waals surface area contributed by atoms with Crippen LogP contribution >= 0.6 is 0 Å². The fourth-order valence-corrected chi connectivity index (χ4v) is 3.15. The van der Waals surface area contributed by atoms with Crippen LogP contribution in [-0.2, 0) is 11.0 Å². The highest BCUT2D eigenvalue weighted by molar-refractivity contribution is 5.92. The summed E-state index contributed by atoms with van der Waals surface area (Å²) in [4.78, 5) is 16.2. The van der Waals surface area contributed by atoms with Gasteiger partial charge in [0.25, 0.3) is 0 Å². The Labute approximate surface area is 156 Å². The first-order valence-electron chi connectivity index (χ1n) is 8.83. The number of benzene rings is 2. The van der Waals surface area contributed by atoms with Crippen molar-refractivity contribution in [1.29, 1.82) is 0 Å². The standard InChI is InChI=1S/C20H22F3N3O/c1-15-5-2-3-8-18(15)24-19(27)14-25-9-11-26(12-10-25)17-7-4-6-16(13-17)20(21,22)23/h2-8,13H,9-12,14H2,1H3,(H,24,27). The molecule has 0 saturated carbocycles. The maximum Gasteiger partial charge on any atom is 0.416 e. The van der Waals surface area contributed by atoms with Gasteiger partial charge in [0, 0.05) is 37.6 Å². The van der Waals surface area contributed by atoms with Gasteiger partial charge in [-0.1, -0.05) is 24.3 Å². The summed E-state index contributed by atoms with van der Waals surface area (Å²) in [5.74, 6) is -0.0863. The number of nitrogens with one attached hydrogen (secondary N) is 1. The molecular formula is C20H22F3N3O. The van der Waals surface area contributed by atoms with Crippen molar-refractivity contribution in [1.82, 2.24) is 4.90 Å². The molecule has 0 unspecified atom stereocenters. The van der Waals surface area contributed by atoms with Gasteiger partial charge in [0.15, 0.2) is 0 Å². The predicted octanol–water partition coefficient (Wildman–Crippen LogP) is 3.77. The molecule has 1 N–H and O–H groups in total. The second-order valence-corrected chi connectivity index (χ2v) is 6.67. The second kappa shape index (κ2) is 8.00. The number of anilines is 2. The third-order valence-electron chi connectivity index (χ3n) is 4.70. The Kier molecular flexibility index (Phi) is 5.70. The molecule has 0 bridgehead atoms. The van der Waals surface area contributed by atoms with Crippen LogP contribution in [0.4, 0.5) is 24.5 Å². The molecule has 1 aliphatic rings. The van der Waals surface area contributed by atoms with Crippen molar-refractivity contribution >= 4 is 17.3 Å². The van der Waals surface area contributed by atoms with Gasteiger partial charge in [0.2, 0.25) is 5.91 Å². The van der Waals surface area contributed by atoms with E-state index >= 15 is 0 Å². The number of rotatable bonds is 4. The minimum atomic E-state index is -4.34. The number of carbonyl (C=O) groups excluding carboxylic acids is 1. The molecule has 27 heavy (non-hydrogen) atoms. The van der Waals surface area contributed by atoms with E-state index in [9.17, 15) is 18.0 Å². The van der Waals surface area contributed by atoms with Crippen LogP contribution in [0, 0.1) is 6.92 Å². The van der Waals surface area contributed by atoms with Gasteiger partial charge in [-0.15, -0.1) is 0 Å². The molecule has 0 radical (unpaired) electrons. The Hall–Kier alpha value is -2.54. The Balaban J connectivity index is 1.53. The number of halogens is 3. The largest absolute Gasteiger partial charge is 0.416 e. The van der Waals surface area contributed by atoms with Gasteiger partial charge in [-0.2, -0.15) is 13.2 Å². The summed E-state index contributed by atoms with van der Waals surface area (Å²) in [6, 6.07) is 13.0. The zero-order chi connectivity index (χ0) is 19.4. The van der Waals surface area contributed by atoms with Gasteiger partial charge < -0.3 is 10.2 Å². The van der Waals surface area contributed by atoms with E-state index in [2.05, 4.69) is 5.32 Å². The van der Waals surface area contributed by atoms with Crippen molar-refractivity contribution in [2.75, 3.05) is 42.9 Å². The third-order valence-corrected chi connectivity index (χ3v) is 4.70. The Morgan fingerprint density at radius 2 is 1.74 bits per heavy atom. The number of amides is 1. The summed E-state index contributed by atoms with van der Waals surface area (Å²) in [5.41, 5.74) is 1.72. The highest BCUT2D eigenvalue weighted by atomic mass is 19.4. The molecule has 2 aromatic rings. The zero-order valence-electron chi connectivity index (χ0n) is 15.1. The Morgan fingerprint density at radius 3 is 2.41 bits per heavy atom. The summed E-state index contributed by atoms with van der Waals surface area (Å²) >= 11 is 0. The molecule has 1 saturated heterocycles. The maximum atomic E-state index is 12.9. The van der Waals surface area contributed by atoms with Gasteiger partial charge >= 0.3 is 6.18 Å². The van der Waals surface area contributed by atoms with Crippen LogP contribution in [0.1, 0.15) is 11.1 Å². The molecule has 0 spiro atoms. The molecule has 0 aliphatic carbocycles. The maximum absolute atomic E-state index is 12.9. The normalized spacial score (nSPS) is 15.6. The SMILES string of the molecule is Cc1ccccc1NC(=O)CN1CCN(c2cccc(C(F)(F)F)c2)CC1. The summed E-state index contributed by atoms with van der Waals surface area (Å²) in [6.45, 7) is 4.61. The molecule has 1 heterocycles. The topological polar surface area (TPSA) is 35.6 Å². The number of alkyl halides is 3. The highest BCUT2D eigenvalue weighted by Gasteiger charge is 2.31. The Morgan fingerprint density at radius 1 is 1.04 bits per heavy atom. The lowest BCUT2D eigenvalue weighted by molar-refractivity contribution is -0.137. The number of piperazine rings is 1. The number of aryl methyl sites for hydroxylation is 1. The smallest absolute Gasteiger partial charge is 0.369 e. The quantitative estimate of drug-likeness (QED) is 0.881. The first-order valence-corrected chi connectivity index (χ1v) is 8.83. The summed E-state index contributed by atoms with van der Waals surface area (Å²) in [7, 11) is 0. The lowest BCUT2D eigenvalue weighted by Crippen LogP contribution is -2.48. The zero-order valence-corrected chi connectivity index (χ0v) is 15.1. The van der Waals surface area contributed by atoms with Crippen LogP contribution in [-0.4, -0.2) is 43.5 Å². The van der Waals surface area contributed by atoms with E-state index in [1.165, 1.54) is 12.1 Å². The van der Waals surface area contributed by atoms with Crippen LogP contribution < -0.4 is 10.2 Å². The molecule has 1 amide bonds. The fourth-order valence-electron chi connectivity index (χ4n) is 3.15. The first kappa shape index (κ1) is 19.2. The second-order valence-electron chi connectivity index (χ2n) is 6.67. The lowest BCUT2D eigenvalue weighted by atomic mass is 10.1. The molecule has 3 rings (SSSR count). The van der Waals surface area contributed by atoms with Crippen molar-refractivity contribution in [2.24, 2.45) is 0 Å². The van der Waals surface area contributed by atoms with E-state index < -0.39 is 11.7 Å². The van der Waals surface area contributed by atoms with E-state index in [1.54, 1.807) is 6.07 Å². The van der Waals surface area contributed by atoms with Crippen LogP contribution in [0.2, 0.25) is 0 Å². The molecule has 4 nitrogen and oxygen atoms in total. The van der Waals surface area contributed by atoms with Gasteiger partial charge in [-0.05, 0) is 36.8 Å². The number of carbonyl (C=O) groups is 1. The van der Waals surface area contributed by atoms with Gasteiger partial charge in [0.1, 0.15) is 0 Å². The molecular weight excluding hydrogens is 355 g/mol. The van der Waals surface area contributed by atoms with E-state index in [4.69, 9.17) is 0 Å². The molecule has 1 aliphatic heterocycles. The number of hydrogen-bond acceptors (Lipinski definition) is 3. The van der Waals surface area contributed by atoms with Gasteiger partial charge in [-0.3, -0.25) is 9.69 Å². The van der Waals surface area contributed by atoms with Gasteiger partial charge in [-0.25, -0.2) is 0 Å². The number of nitrogens with zero attached hydrogens (tertiary/aromatic N) is 2. The summed E-state index contributed by atoms with van der Waals surface area (Å²) in [5, 5.41) is 2.91. The first-order chi connectivity index (χ1) is 12.8. The average molecular weight is 377 g/mol. The Bertz CT molecular complexity index is 799. The average Bonchev–Trinajstić information content (AvgIpc) is 2.64. The third kappa shape index (κ3) is 5.01. The molecule has 1 fully saturated rings. The van der Waals surface area contributed by atoms with Crippen molar-refractivity contribution in [3.63, 3.8) is 0 Å². The van der Waals surface area contributed by atoms with Crippen molar-refractivity contribution in [3.05, 3.63) is 59.7 Å². The lowest BCUT2D eigenvalue weighted by Gasteiger charge is -2.36. The minimum Gasteiger partial charge on any atom is -0.369 e. The number of para-hydroxylation sites is 1. The van der Waals surface area contributed by atoms with Crippen molar-refractivity contribution in [2.45, 2.75) is 13.1 Å². The summed E-state index contributed by atoms with van der Waals surface area (Å²) < 4.78 is 38.6. The van der Waals surface area contributed by atoms with Crippen LogP contribution in [0.15, 0.2) is 48.5 Å². The molecule has 0 atom stereocenters. The van der Waals surface area contributed by atoms with Gasteiger partial charge in [0.05, 0.1) is 12.1 Å². The molecule has 144 valence electrons. The van der Waals surface area contributed by atoms with Crippen LogP contribution in [0.3, 0.4) is 0 Å². The summed E-state index contributed by atoms with van der Waals surface area (Å²) in [6.07, 6.45) is -4.34. The predicted molar refractivity (Wildman–Crippen MR) is 99.9 cm³/mol.